The lowest BCUT2D eigenvalue weighted by Gasteiger charge is -2.34. The summed E-state index contributed by atoms with van der Waals surface area (Å²) in [7, 11) is 1.75. The molecule has 4 nitrogen and oxygen atoms in total. The predicted octanol–water partition coefficient (Wildman–Crippen LogP) is 0.385. The first-order valence-corrected chi connectivity index (χ1v) is 4.17. The molecule has 0 saturated carbocycles. The van der Waals surface area contributed by atoms with Gasteiger partial charge in [-0.05, 0) is 20.8 Å². The summed E-state index contributed by atoms with van der Waals surface area (Å²) in [6, 6.07) is -0.0760. The van der Waals surface area contributed by atoms with Crippen LogP contribution in [-0.2, 0) is 0 Å². The molecule has 0 saturated heterocycles. The van der Waals surface area contributed by atoms with Gasteiger partial charge in [-0.15, -0.1) is 0 Å². The fourth-order valence-electron chi connectivity index (χ4n) is 0.682. The van der Waals surface area contributed by atoms with Crippen LogP contribution >= 0.6 is 0 Å². The van der Waals surface area contributed by atoms with Gasteiger partial charge in [-0.3, -0.25) is 0 Å². The maximum absolute atomic E-state index is 11.3. The van der Waals surface area contributed by atoms with Crippen LogP contribution in [0.1, 0.15) is 20.8 Å². The third kappa shape index (κ3) is 2.70. The molecule has 0 heterocycles. The van der Waals surface area contributed by atoms with E-state index in [9.17, 15) is 4.79 Å². The maximum Gasteiger partial charge on any atom is 0.317 e. The van der Waals surface area contributed by atoms with E-state index in [0.29, 0.717) is 13.1 Å². The van der Waals surface area contributed by atoms with Gasteiger partial charge in [-0.2, -0.15) is 0 Å². The van der Waals surface area contributed by atoms with Gasteiger partial charge in [0.25, 0.3) is 0 Å². The average molecular weight is 173 g/mol. The number of amides is 2. The van der Waals surface area contributed by atoms with Gasteiger partial charge in [-0.1, -0.05) is 0 Å². The Labute approximate surface area is 74.1 Å². The van der Waals surface area contributed by atoms with Crippen LogP contribution in [0.2, 0.25) is 0 Å². The first-order chi connectivity index (χ1) is 5.45. The molecule has 3 N–H and O–H groups in total. The van der Waals surface area contributed by atoms with Crippen molar-refractivity contribution in [1.29, 1.82) is 0 Å². The number of nitrogens with two attached hydrogens (primary N) is 1. The van der Waals surface area contributed by atoms with Crippen LogP contribution in [0.4, 0.5) is 4.79 Å². The predicted molar refractivity (Wildman–Crippen MR) is 50.0 cm³/mol. The van der Waals surface area contributed by atoms with Crippen molar-refractivity contribution in [2.24, 2.45) is 5.73 Å². The molecule has 2 amide bonds. The normalized spacial score (nSPS) is 11.1. The summed E-state index contributed by atoms with van der Waals surface area (Å²) < 4.78 is 0. The number of carbonyl (C=O) groups is 1. The van der Waals surface area contributed by atoms with E-state index in [1.807, 2.05) is 20.8 Å². The quantitative estimate of drug-likeness (QED) is 0.648. The van der Waals surface area contributed by atoms with Crippen LogP contribution in [-0.4, -0.2) is 36.6 Å². The van der Waals surface area contributed by atoms with E-state index in [1.54, 1.807) is 11.9 Å². The second-order valence-electron chi connectivity index (χ2n) is 3.41. The molecule has 0 bridgehead atoms. The van der Waals surface area contributed by atoms with E-state index in [-0.39, 0.29) is 11.6 Å². The fraction of sp³-hybridized carbons (Fsp3) is 0.875. The van der Waals surface area contributed by atoms with E-state index in [4.69, 9.17) is 5.73 Å². The minimum Gasteiger partial charge on any atom is -0.338 e. The molecule has 12 heavy (non-hydrogen) atoms. The number of urea groups is 1. The van der Waals surface area contributed by atoms with E-state index >= 15 is 0 Å². The number of nitrogens with one attached hydrogen (secondary N) is 1. The Kier molecular flexibility index (Phi) is 4.03. The highest BCUT2D eigenvalue weighted by atomic mass is 16.2. The lowest BCUT2D eigenvalue weighted by molar-refractivity contribution is 0.160. The summed E-state index contributed by atoms with van der Waals surface area (Å²) in [6.45, 7) is 6.86. The van der Waals surface area contributed by atoms with Gasteiger partial charge >= 0.3 is 6.03 Å². The van der Waals surface area contributed by atoms with Crippen molar-refractivity contribution >= 4 is 6.03 Å². The molecule has 0 aromatic rings. The Hall–Kier alpha value is -0.770. The molecule has 0 radical (unpaired) electrons. The zero-order valence-corrected chi connectivity index (χ0v) is 8.35. The summed E-state index contributed by atoms with van der Waals surface area (Å²) in [5.74, 6) is 0. The van der Waals surface area contributed by atoms with E-state index in [1.165, 1.54) is 0 Å². The SMILES string of the molecule is CCNC(=O)N(C)C(C)(C)CN. The highest BCUT2D eigenvalue weighted by molar-refractivity contribution is 5.74. The Bertz CT molecular complexity index is 156. The second kappa shape index (κ2) is 4.30. The van der Waals surface area contributed by atoms with Crippen LogP contribution in [0.5, 0.6) is 0 Å². The first kappa shape index (κ1) is 11.2. The molecule has 0 aromatic carbocycles. The van der Waals surface area contributed by atoms with Crippen molar-refractivity contribution in [1.82, 2.24) is 10.2 Å². The van der Waals surface area contributed by atoms with Gasteiger partial charge in [0.1, 0.15) is 0 Å². The van der Waals surface area contributed by atoms with Gasteiger partial charge in [0.2, 0.25) is 0 Å². The van der Waals surface area contributed by atoms with E-state index < -0.39 is 0 Å². The summed E-state index contributed by atoms with van der Waals surface area (Å²) in [4.78, 5) is 12.9. The van der Waals surface area contributed by atoms with Crippen LogP contribution in [0.3, 0.4) is 0 Å². The zero-order chi connectivity index (χ0) is 9.78. The molecule has 0 unspecified atom stereocenters. The topological polar surface area (TPSA) is 58.4 Å². The molecular weight excluding hydrogens is 154 g/mol. The van der Waals surface area contributed by atoms with E-state index in [0.717, 1.165) is 0 Å². The van der Waals surface area contributed by atoms with Crippen molar-refractivity contribution in [3.8, 4) is 0 Å². The smallest absolute Gasteiger partial charge is 0.317 e. The van der Waals surface area contributed by atoms with Crippen LogP contribution in [0.25, 0.3) is 0 Å². The summed E-state index contributed by atoms with van der Waals surface area (Å²) in [5, 5.41) is 2.72. The number of hydrogen-bond acceptors (Lipinski definition) is 2. The van der Waals surface area contributed by atoms with Crippen molar-refractivity contribution in [2.45, 2.75) is 26.3 Å². The van der Waals surface area contributed by atoms with Crippen LogP contribution in [0, 0.1) is 0 Å². The standard InChI is InChI=1S/C8H19N3O/c1-5-10-7(12)11(4)8(2,3)6-9/h5-6,9H2,1-4H3,(H,10,12). The molecule has 0 atom stereocenters. The highest BCUT2D eigenvalue weighted by Crippen LogP contribution is 2.09. The molecule has 0 aliphatic heterocycles. The summed E-state index contributed by atoms with van der Waals surface area (Å²) in [5.41, 5.74) is 5.24. The molecule has 0 spiro atoms. The zero-order valence-electron chi connectivity index (χ0n) is 8.35. The first-order valence-electron chi connectivity index (χ1n) is 4.17. The Morgan fingerprint density at radius 2 is 2.08 bits per heavy atom. The number of nitrogens with zero attached hydrogens (tertiary/aromatic N) is 1. The lowest BCUT2D eigenvalue weighted by Crippen LogP contribution is -2.53. The molecule has 0 rings (SSSR count). The number of likely N-dealkylation sites (N-methyl/N-ethyl adjacent to an activating group) is 1. The number of hydrogen-bond donors (Lipinski definition) is 2. The fourth-order valence-corrected chi connectivity index (χ4v) is 0.682. The minimum absolute atomic E-state index is 0.0760. The molecule has 0 fully saturated rings. The Balaban J connectivity index is 4.17. The van der Waals surface area contributed by atoms with Crippen molar-refractivity contribution in [2.75, 3.05) is 20.1 Å². The minimum atomic E-state index is -0.279. The van der Waals surface area contributed by atoms with Gasteiger partial charge in [0.05, 0.1) is 5.54 Å². The summed E-state index contributed by atoms with van der Waals surface area (Å²) in [6.07, 6.45) is 0. The highest BCUT2D eigenvalue weighted by Gasteiger charge is 2.25. The van der Waals surface area contributed by atoms with Gasteiger partial charge < -0.3 is 16.0 Å². The van der Waals surface area contributed by atoms with Crippen molar-refractivity contribution in [3.63, 3.8) is 0 Å². The number of rotatable bonds is 3. The third-order valence-corrected chi connectivity index (χ3v) is 2.04. The van der Waals surface area contributed by atoms with Crippen LogP contribution in [0.15, 0.2) is 0 Å². The second-order valence-corrected chi connectivity index (χ2v) is 3.41. The van der Waals surface area contributed by atoms with Gasteiger partial charge in [-0.25, -0.2) is 4.79 Å². The average Bonchev–Trinajstić information content (AvgIpc) is 2.03. The Morgan fingerprint density at radius 3 is 2.42 bits per heavy atom. The molecule has 0 aliphatic carbocycles. The number of carbonyl (C=O) groups excluding carboxylic acids is 1. The lowest BCUT2D eigenvalue weighted by atomic mass is 10.1. The van der Waals surface area contributed by atoms with E-state index in [2.05, 4.69) is 5.32 Å². The third-order valence-electron chi connectivity index (χ3n) is 2.04. The maximum atomic E-state index is 11.3. The molecule has 0 aliphatic rings. The molecular formula is C8H19N3O. The van der Waals surface area contributed by atoms with Gasteiger partial charge in [0, 0.05) is 20.1 Å². The summed E-state index contributed by atoms with van der Waals surface area (Å²) >= 11 is 0. The largest absolute Gasteiger partial charge is 0.338 e. The molecule has 0 aromatic heterocycles. The monoisotopic (exact) mass is 173 g/mol. The van der Waals surface area contributed by atoms with Crippen molar-refractivity contribution < 1.29 is 4.79 Å². The molecule has 4 heteroatoms. The van der Waals surface area contributed by atoms with Crippen molar-refractivity contribution in [3.05, 3.63) is 0 Å². The van der Waals surface area contributed by atoms with Gasteiger partial charge in [0.15, 0.2) is 0 Å². The Morgan fingerprint density at radius 1 is 1.58 bits per heavy atom. The van der Waals surface area contributed by atoms with Crippen LogP contribution < -0.4 is 11.1 Å². The molecule has 72 valence electrons.